The summed E-state index contributed by atoms with van der Waals surface area (Å²) in [6, 6.07) is 5.53. The highest BCUT2D eigenvalue weighted by atomic mass is 35.5. The number of halogens is 2. The van der Waals surface area contributed by atoms with E-state index in [4.69, 9.17) is 32.5 Å². The molecule has 5 heteroatoms. The molecular formula is C20H21Cl2NO2. The van der Waals surface area contributed by atoms with Crippen LogP contribution in [0.1, 0.15) is 55.8 Å². The lowest BCUT2D eigenvalue weighted by atomic mass is 9.97. The molecule has 3 unspecified atom stereocenters. The third kappa shape index (κ3) is 2.90. The number of nitrogens with zero attached hydrogens (tertiary/aromatic N) is 1. The van der Waals surface area contributed by atoms with E-state index in [0.29, 0.717) is 28.7 Å². The second-order valence-electron chi connectivity index (χ2n) is 7.77. The largest absolute Gasteiger partial charge is 0.373 e. The van der Waals surface area contributed by atoms with Crippen LogP contribution in [0.25, 0.3) is 11.3 Å². The van der Waals surface area contributed by atoms with Gasteiger partial charge in [-0.2, -0.15) is 0 Å². The maximum absolute atomic E-state index is 6.41. The van der Waals surface area contributed by atoms with Gasteiger partial charge >= 0.3 is 0 Å². The Balaban J connectivity index is 1.46. The Morgan fingerprint density at radius 3 is 2.52 bits per heavy atom. The predicted octanol–water partition coefficient (Wildman–Crippen LogP) is 6.23. The summed E-state index contributed by atoms with van der Waals surface area (Å²) in [5, 5.41) is 5.54. The normalized spacial score (nSPS) is 28.0. The van der Waals surface area contributed by atoms with Crippen LogP contribution < -0.4 is 0 Å². The van der Waals surface area contributed by atoms with Crippen molar-refractivity contribution in [3.05, 3.63) is 39.6 Å². The fourth-order valence-corrected chi connectivity index (χ4v) is 5.21. The minimum absolute atomic E-state index is 0.385. The molecule has 0 amide bonds. The highest BCUT2D eigenvalue weighted by molar-refractivity contribution is 6.39. The molecule has 0 N–H and O–H groups in total. The summed E-state index contributed by atoms with van der Waals surface area (Å²) >= 11 is 12.8. The standard InChI is InChI=1S/C20H21Cl2NO2/c21-15-2-1-3-16(22)18(15)19-14(20(25-23-19)12-6-7-12)10-24-17-9-11-4-5-13(17)8-11/h1-3,11-13,17H,4-10H2. The zero-order chi connectivity index (χ0) is 17.0. The molecule has 132 valence electrons. The third-order valence-corrected chi connectivity index (χ3v) is 6.71. The molecule has 3 saturated carbocycles. The molecule has 3 nitrogen and oxygen atoms in total. The highest BCUT2D eigenvalue weighted by Gasteiger charge is 2.41. The third-order valence-electron chi connectivity index (χ3n) is 6.08. The quantitative estimate of drug-likeness (QED) is 0.619. The van der Waals surface area contributed by atoms with Gasteiger partial charge in [-0.25, -0.2) is 0 Å². The summed E-state index contributed by atoms with van der Waals surface area (Å²) < 4.78 is 12.1. The van der Waals surface area contributed by atoms with Crippen LogP contribution in [0.4, 0.5) is 0 Å². The van der Waals surface area contributed by atoms with E-state index in [0.717, 1.165) is 47.3 Å². The maximum atomic E-state index is 6.41. The zero-order valence-electron chi connectivity index (χ0n) is 14.0. The lowest BCUT2D eigenvalue weighted by molar-refractivity contribution is 0.00478. The predicted molar refractivity (Wildman–Crippen MR) is 98.0 cm³/mol. The van der Waals surface area contributed by atoms with E-state index in [1.165, 1.54) is 25.7 Å². The molecule has 1 aromatic heterocycles. The Morgan fingerprint density at radius 1 is 1.08 bits per heavy atom. The summed E-state index contributed by atoms with van der Waals surface area (Å²) in [6.45, 7) is 0.542. The van der Waals surface area contributed by atoms with Gasteiger partial charge in [-0.05, 0) is 62.5 Å². The molecule has 0 radical (unpaired) electrons. The van der Waals surface area contributed by atoms with Crippen molar-refractivity contribution in [2.24, 2.45) is 11.8 Å². The van der Waals surface area contributed by atoms with Crippen LogP contribution in [0.3, 0.4) is 0 Å². The molecule has 3 atom stereocenters. The Hall–Kier alpha value is -1.03. The molecule has 0 saturated heterocycles. The first-order valence-electron chi connectivity index (χ1n) is 9.25. The average Bonchev–Trinajstić information content (AvgIpc) is 3.03. The first kappa shape index (κ1) is 16.2. The van der Waals surface area contributed by atoms with Crippen LogP contribution in [0.15, 0.2) is 22.7 Å². The fourth-order valence-electron chi connectivity index (χ4n) is 4.63. The van der Waals surface area contributed by atoms with Crippen molar-refractivity contribution in [3.8, 4) is 11.3 Å². The van der Waals surface area contributed by atoms with Gasteiger partial charge in [0.15, 0.2) is 0 Å². The van der Waals surface area contributed by atoms with Crippen LogP contribution in [0.2, 0.25) is 10.0 Å². The van der Waals surface area contributed by atoms with E-state index in [9.17, 15) is 0 Å². The van der Waals surface area contributed by atoms with Crippen LogP contribution >= 0.6 is 23.2 Å². The second-order valence-corrected chi connectivity index (χ2v) is 8.58. The van der Waals surface area contributed by atoms with Crippen molar-refractivity contribution in [2.75, 3.05) is 0 Å². The minimum atomic E-state index is 0.385. The van der Waals surface area contributed by atoms with Crippen LogP contribution in [-0.2, 0) is 11.3 Å². The van der Waals surface area contributed by atoms with Gasteiger partial charge in [-0.15, -0.1) is 0 Å². The van der Waals surface area contributed by atoms with Crippen molar-refractivity contribution in [2.45, 2.75) is 57.2 Å². The number of aromatic nitrogens is 1. The van der Waals surface area contributed by atoms with Crippen molar-refractivity contribution >= 4 is 23.2 Å². The zero-order valence-corrected chi connectivity index (χ0v) is 15.5. The summed E-state index contributed by atoms with van der Waals surface area (Å²) in [4.78, 5) is 0. The van der Waals surface area contributed by atoms with Crippen LogP contribution in [0, 0.1) is 11.8 Å². The molecule has 1 aromatic carbocycles. The SMILES string of the molecule is Clc1cccc(Cl)c1-c1noc(C2CC2)c1COC1CC2CCC1C2. The molecule has 25 heavy (non-hydrogen) atoms. The van der Waals surface area contributed by atoms with E-state index >= 15 is 0 Å². The van der Waals surface area contributed by atoms with Crippen LogP contribution in [-0.4, -0.2) is 11.3 Å². The molecule has 3 aliphatic rings. The summed E-state index contributed by atoms with van der Waals surface area (Å²) in [5.74, 6) is 3.05. The molecule has 3 aliphatic carbocycles. The molecule has 2 aromatic rings. The molecule has 1 heterocycles. The monoisotopic (exact) mass is 377 g/mol. The van der Waals surface area contributed by atoms with E-state index in [1.54, 1.807) is 0 Å². The molecule has 0 aliphatic heterocycles. The first-order valence-corrected chi connectivity index (χ1v) is 10.0. The van der Waals surface area contributed by atoms with Gasteiger partial charge < -0.3 is 9.26 Å². The van der Waals surface area contributed by atoms with Gasteiger partial charge in [0.05, 0.1) is 22.8 Å². The maximum Gasteiger partial charge on any atom is 0.145 e. The highest BCUT2D eigenvalue weighted by Crippen LogP contribution is 2.48. The first-order chi connectivity index (χ1) is 12.2. The van der Waals surface area contributed by atoms with Gasteiger partial charge in [-0.3, -0.25) is 0 Å². The molecule has 0 spiro atoms. The van der Waals surface area contributed by atoms with Gasteiger partial charge in [0.1, 0.15) is 11.5 Å². The van der Waals surface area contributed by atoms with Crippen LogP contribution in [0.5, 0.6) is 0 Å². The smallest absolute Gasteiger partial charge is 0.145 e. The van der Waals surface area contributed by atoms with Gasteiger partial charge in [0.2, 0.25) is 0 Å². The lowest BCUT2D eigenvalue weighted by Gasteiger charge is -2.22. The van der Waals surface area contributed by atoms with E-state index in [2.05, 4.69) is 5.16 Å². The topological polar surface area (TPSA) is 35.3 Å². The van der Waals surface area contributed by atoms with Crippen molar-refractivity contribution in [1.29, 1.82) is 0 Å². The summed E-state index contributed by atoms with van der Waals surface area (Å²) in [7, 11) is 0. The fraction of sp³-hybridized carbons (Fsp3) is 0.550. The number of rotatable bonds is 5. The van der Waals surface area contributed by atoms with E-state index < -0.39 is 0 Å². The van der Waals surface area contributed by atoms with Gasteiger partial charge in [0, 0.05) is 17.0 Å². The van der Waals surface area contributed by atoms with Gasteiger partial charge in [0.25, 0.3) is 0 Å². The number of fused-ring (bicyclic) bond motifs is 2. The summed E-state index contributed by atoms with van der Waals surface area (Å²) in [6.07, 6.45) is 7.95. The second kappa shape index (κ2) is 6.29. The number of ether oxygens (including phenoxy) is 1. The van der Waals surface area contributed by atoms with Crippen molar-refractivity contribution < 1.29 is 9.26 Å². The minimum Gasteiger partial charge on any atom is -0.373 e. The average molecular weight is 378 g/mol. The molecular weight excluding hydrogens is 357 g/mol. The number of benzene rings is 1. The van der Waals surface area contributed by atoms with E-state index in [-0.39, 0.29) is 0 Å². The van der Waals surface area contributed by atoms with Crippen molar-refractivity contribution in [1.82, 2.24) is 5.16 Å². The lowest BCUT2D eigenvalue weighted by Crippen LogP contribution is -2.20. The Labute approximate surface area is 157 Å². The Morgan fingerprint density at radius 2 is 1.88 bits per heavy atom. The Bertz CT molecular complexity index is 779. The molecule has 2 bridgehead atoms. The van der Waals surface area contributed by atoms with Crippen molar-refractivity contribution in [3.63, 3.8) is 0 Å². The Kier molecular flexibility index (Phi) is 4.07. The van der Waals surface area contributed by atoms with Gasteiger partial charge in [-0.1, -0.05) is 34.4 Å². The molecule has 5 rings (SSSR count). The van der Waals surface area contributed by atoms with E-state index in [1.807, 2.05) is 18.2 Å². The molecule has 3 fully saturated rings. The number of hydrogen-bond donors (Lipinski definition) is 0. The number of hydrogen-bond acceptors (Lipinski definition) is 3. The summed E-state index contributed by atoms with van der Waals surface area (Å²) in [5.41, 5.74) is 2.55.